The molecule has 17 heavy (non-hydrogen) atoms. The van der Waals surface area contributed by atoms with Gasteiger partial charge in [0, 0.05) is 30.3 Å². The van der Waals surface area contributed by atoms with Crippen molar-refractivity contribution in [2.24, 2.45) is 5.73 Å². The van der Waals surface area contributed by atoms with E-state index in [0.29, 0.717) is 18.8 Å². The molecule has 4 nitrogen and oxygen atoms in total. The smallest absolute Gasteiger partial charge is 0.270 e. The minimum absolute atomic E-state index is 0.0397. The van der Waals surface area contributed by atoms with E-state index >= 15 is 0 Å². The zero-order valence-corrected chi connectivity index (χ0v) is 12.2. The zero-order valence-electron chi connectivity index (χ0n) is 10.6. The quantitative estimate of drug-likeness (QED) is 0.907. The van der Waals surface area contributed by atoms with Gasteiger partial charge in [0.05, 0.1) is 0 Å². The van der Waals surface area contributed by atoms with Gasteiger partial charge in [0.2, 0.25) is 0 Å². The van der Waals surface area contributed by atoms with Gasteiger partial charge in [-0.05, 0) is 48.8 Å². The highest BCUT2D eigenvalue weighted by atomic mass is 79.9. The summed E-state index contributed by atoms with van der Waals surface area (Å²) in [6, 6.07) is 2.13. The SMILES string of the molecule is CC(C)n1cc(Br)cc1C(=O)N(C)CCCN. The number of nitrogens with two attached hydrogens (primary N) is 1. The number of hydrogen-bond donors (Lipinski definition) is 1. The van der Waals surface area contributed by atoms with Crippen molar-refractivity contribution >= 4 is 21.8 Å². The second-order valence-corrected chi connectivity index (χ2v) is 5.33. The molecule has 0 aliphatic carbocycles. The van der Waals surface area contributed by atoms with Crippen molar-refractivity contribution in [1.29, 1.82) is 0 Å². The summed E-state index contributed by atoms with van der Waals surface area (Å²) < 4.78 is 2.91. The minimum Gasteiger partial charge on any atom is -0.340 e. The molecule has 1 rings (SSSR count). The summed E-state index contributed by atoms with van der Waals surface area (Å²) in [5.74, 6) is 0.0397. The van der Waals surface area contributed by atoms with Gasteiger partial charge in [-0.2, -0.15) is 0 Å². The molecule has 0 saturated carbocycles. The summed E-state index contributed by atoms with van der Waals surface area (Å²) in [6.07, 6.45) is 2.76. The van der Waals surface area contributed by atoms with Gasteiger partial charge in [0.25, 0.3) is 5.91 Å². The number of aromatic nitrogens is 1. The maximum Gasteiger partial charge on any atom is 0.270 e. The Hall–Kier alpha value is -0.810. The molecule has 5 heteroatoms. The van der Waals surface area contributed by atoms with Gasteiger partial charge in [0.15, 0.2) is 0 Å². The number of amides is 1. The summed E-state index contributed by atoms with van der Waals surface area (Å²) in [5.41, 5.74) is 6.16. The van der Waals surface area contributed by atoms with Crippen molar-refractivity contribution in [3.05, 3.63) is 22.4 Å². The van der Waals surface area contributed by atoms with Crippen molar-refractivity contribution in [2.75, 3.05) is 20.1 Å². The number of rotatable bonds is 5. The van der Waals surface area contributed by atoms with Crippen LogP contribution in [0.15, 0.2) is 16.7 Å². The summed E-state index contributed by atoms with van der Waals surface area (Å²) in [7, 11) is 1.81. The molecule has 0 saturated heterocycles. The lowest BCUT2D eigenvalue weighted by Crippen LogP contribution is -2.30. The molecule has 0 bridgehead atoms. The molecule has 0 aliphatic rings. The molecule has 0 radical (unpaired) electrons. The van der Waals surface area contributed by atoms with Crippen molar-refractivity contribution in [3.63, 3.8) is 0 Å². The minimum atomic E-state index is 0.0397. The molecule has 1 aromatic heterocycles. The second-order valence-electron chi connectivity index (χ2n) is 4.41. The Labute approximate surface area is 111 Å². The van der Waals surface area contributed by atoms with Gasteiger partial charge in [-0.25, -0.2) is 0 Å². The molecule has 96 valence electrons. The number of nitrogens with zero attached hydrogens (tertiary/aromatic N) is 2. The van der Waals surface area contributed by atoms with Crippen LogP contribution in [-0.2, 0) is 0 Å². The van der Waals surface area contributed by atoms with Crippen LogP contribution in [0.5, 0.6) is 0 Å². The molecule has 1 heterocycles. The molecule has 0 unspecified atom stereocenters. The van der Waals surface area contributed by atoms with Crippen LogP contribution in [0.2, 0.25) is 0 Å². The average Bonchev–Trinajstić information content (AvgIpc) is 2.67. The van der Waals surface area contributed by atoms with Crippen LogP contribution >= 0.6 is 15.9 Å². The van der Waals surface area contributed by atoms with E-state index in [1.165, 1.54) is 0 Å². The Morgan fingerprint density at radius 2 is 2.24 bits per heavy atom. The third-order valence-electron chi connectivity index (χ3n) is 2.63. The second kappa shape index (κ2) is 6.21. The number of carbonyl (C=O) groups excluding carboxylic acids is 1. The standard InChI is InChI=1S/C12H20BrN3O/c1-9(2)16-8-10(13)7-11(16)12(17)15(3)6-4-5-14/h7-9H,4-6,14H2,1-3H3. The van der Waals surface area contributed by atoms with E-state index in [2.05, 4.69) is 29.8 Å². The molecule has 0 aliphatic heterocycles. The summed E-state index contributed by atoms with van der Waals surface area (Å²) in [6.45, 7) is 5.41. The van der Waals surface area contributed by atoms with Crippen LogP contribution in [0.3, 0.4) is 0 Å². The van der Waals surface area contributed by atoms with Gasteiger partial charge >= 0.3 is 0 Å². The van der Waals surface area contributed by atoms with E-state index in [1.807, 2.05) is 23.9 Å². The fourth-order valence-electron chi connectivity index (χ4n) is 1.67. The highest BCUT2D eigenvalue weighted by Gasteiger charge is 2.18. The molecule has 2 N–H and O–H groups in total. The Morgan fingerprint density at radius 3 is 2.76 bits per heavy atom. The first-order valence-corrected chi connectivity index (χ1v) is 6.59. The van der Waals surface area contributed by atoms with Gasteiger partial charge < -0.3 is 15.2 Å². The molecule has 0 fully saturated rings. The number of hydrogen-bond acceptors (Lipinski definition) is 2. The van der Waals surface area contributed by atoms with Gasteiger partial charge in [-0.15, -0.1) is 0 Å². The first kappa shape index (κ1) is 14.3. The first-order chi connectivity index (χ1) is 7.97. The van der Waals surface area contributed by atoms with Crippen molar-refractivity contribution in [2.45, 2.75) is 26.3 Å². The van der Waals surface area contributed by atoms with E-state index in [1.54, 1.807) is 4.90 Å². The lowest BCUT2D eigenvalue weighted by Gasteiger charge is -2.19. The van der Waals surface area contributed by atoms with Crippen molar-refractivity contribution < 1.29 is 4.79 Å². The van der Waals surface area contributed by atoms with Gasteiger partial charge in [-0.1, -0.05) is 0 Å². The number of carbonyl (C=O) groups is 1. The number of halogens is 1. The molecule has 1 aromatic rings. The predicted octanol–water partition coefficient (Wildman–Crippen LogP) is 2.25. The monoisotopic (exact) mass is 301 g/mol. The van der Waals surface area contributed by atoms with E-state index in [4.69, 9.17) is 5.73 Å². The highest BCUT2D eigenvalue weighted by molar-refractivity contribution is 9.10. The molecular formula is C12H20BrN3O. The molecule has 0 atom stereocenters. The zero-order chi connectivity index (χ0) is 13.0. The van der Waals surface area contributed by atoms with Gasteiger partial charge in [0.1, 0.15) is 5.69 Å². The Morgan fingerprint density at radius 1 is 1.59 bits per heavy atom. The van der Waals surface area contributed by atoms with Crippen LogP contribution in [0.4, 0.5) is 0 Å². The highest BCUT2D eigenvalue weighted by Crippen LogP contribution is 2.20. The maximum atomic E-state index is 12.2. The van der Waals surface area contributed by atoms with Crippen LogP contribution < -0.4 is 5.73 Å². The Balaban J connectivity index is 2.87. The third kappa shape index (κ3) is 3.57. The normalized spacial score (nSPS) is 10.9. The summed E-state index contributed by atoms with van der Waals surface area (Å²) >= 11 is 3.41. The Bertz CT molecular complexity index is 387. The van der Waals surface area contributed by atoms with E-state index in [-0.39, 0.29) is 11.9 Å². The summed E-state index contributed by atoms with van der Waals surface area (Å²) in [5, 5.41) is 0. The predicted molar refractivity (Wildman–Crippen MR) is 73.1 cm³/mol. The fourth-order valence-corrected chi connectivity index (χ4v) is 2.11. The topological polar surface area (TPSA) is 51.3 Å². The van der Waals surface area contributed by atoms with Crippen LogP contribution in [0, 0.1) is 0 Å². The van der Waals surface area contributed by atoms with Crippen molar-refractivity contribution in [3.8, 4) is 0 Å². The molecule has 0 aromatic carbocycles. The Kier molecular flexibility index (Phi) is 5.21. The molecular weight excluding hydrogens is 282 g/mol. The lowest BCUT2D eigenvalue weighted by molar-refractivity contribution is 0.0782. The molecule has 1 amide bonds. The average molecular weight is 302 g/mol. The van der Waals surface area contributed by atoms with E-state index in [9.17, 15) is 4.79 Å². The van der Waals surface area contributed by atoms with Crippen molar-refractivity contribution in [1.82, 2.24) is 9.47 Å². The summed E-state index contributed by atoms with van der Waals surface area (Å²) in [4.78, 5) is 13.9. The first-order valence-electron chi connectivity index (χ1n) is 5.80. The largest absolute Gasteiger partial charge is 0.340 e. The molecule has 0 spiro atoms. The lowest BCUT2D eigenvalue weighted by atomic mass is 10.3. The van der Waals surface area contributed by atoms with Crippen LogP contribution in [0.1, 0.15) is 36.8 Å². The van der Waals surface area contributed by atoms with Gasteiger partial charge in [-0.3, -0.25) is 4.79 Å². The maximum absolute atomic E-state index is 12.2. The fraction of sp³-hybridized carbons (Fsp3) is 0.583. The van der Waals surface area contributed by atoms with E-state index < -0.39 is 0 Å². The van der Waals surface area contributed by atoms with Crippen LogP contribution in [-0.4, -0.2) is 35.5 Å². The van der Waals surface area contributed by atoms with Crippen LogP contribution in [0.25, 0.3) is 0 Å². The third-order valence-corrected chi connectivity index (χ3v) is 3.07. The van der Waals surface area contributed by atoms with E-state index in [0.717, 1.165) is 10.9 Å².